The Kier molecular flexibility index (Phi) is 1.64. The molecule has 2 rings (SSSR count). The first-order chi connectivity index (χ1) is 5.90. The minimum absolute atomic E-state index is 0.113. The molecule has 2 aromatic rings. The van der Waals surface area contributed by atoms with Gasteiger partial charge in [-0.1, -0.05) is 0 Å². The zero-order valence-electron chi connectivity index (χ0n) is 6.21. The summed E-state index contributed by atoms with van der Waals surface area (Å²) < 4.78 is 6.68. The van der Waals surface area contributed by atoms with Crippen LogP contribution in [0.15, 0.2) is 29.4 Å². The molecule has 5 nitrogen and oxygen atoms in total. The van der Waals surface area contributed by atoms with E-state index in [0.29, 0.717) is 11.7 Å². The Balaban J connectivity index is 2.35. The van der Waals surface area contributed by atoms with E-state index in [0.717, 1.165) is 0 Å². The van der Waals surface area contributed by atoms with Crippen LogP contribution in [-0.4, -0.2) is 19.6 Å². The molecular weight excluding hydrogens is 158 g/mol. The highest BCUT2D eigenvalue weighted by atomic mass is 16.4. The lowest BCUT2D eigenvalue weighted by molar-refractivity contribution is 0.276. The number of hydrogen-bond acceptors (Lipinski definition) is 4. The number of nitrogens with zero attached hydrogens (tertiary/aromatic N) is 3. The van der Waals surface area contributed by atoms with Crippen LogP contribution in [0, 0.1) is 0 Å². The summed E-state index contributed by atoms with van der Waals surface area (Å²) in [5, 5.41) is 8.70. The molecule has 2 heterocycles. The Morgan fingerprint density at radius 3 is 3.08 bits per heavy atom. The molecule has 0 spiro atoms. The van der Waals surface area contributed by atoms with Gasteiger partial charge in [0.05, 0.1) is 6.61 Å². The molecule has 5 heteroatoms. The summed E-state index contributed by atoms with van der Waals surface area (Å²) >= 11 is 0. The standard InChI is InChI=1S/C7H7N3O2/c11-3-6-4-12-7(9-6)10-2-1-8-5-10/h1-2,4-5,11H,3H2. The number of aliphatic hydroxyl groups excluding tert-OH is 1. The number of hydrogen-bond donors (Lipinski definition) is 1. The van der Waals surface area contributed by atoms with E-state index in [1.54, 1.807) is 23.3 Å². The van der Waals surface area contributed by atoms with E-state index in [1.165, 1.54) is 6.26 Å². The fraction of sp³-hybridized carbons (Fsp3) is 0.143. The molecule has 0 aliphatic carbocycles. The lowest BCUT2D eigenvalue weighted by Crippen LogP contribution is -1.90. The number of rotatable bonds is 2. The summed E-state index contributed by atoms with van der Waals surface area (Å²) in [6.45, 7) is -0.113. The van der Waals surface area contributed by atoms with Crippen LogP contribution in [0.4, 0.5) is 0 Å². The number of imidazole rings is 1. The number of aliphatic hydroxyl groups is 1. The van der Waals surface area contributed by atoms with Gasteiger partial charge >= 0.3 is 6.01 Å². The van der Waals surface area contributed by atoms with Gasteiger partial charge in [-0.2, -0.15) is 4.98 Å². The molecule has 0 aliphatic heterocycles. The average Bonchev–Trinajstić information content (AvgIpc) is 2.75. The van der Waals surface area contributed by atoms with Gasteiger partial charge in [0.2, 0.25) is 0 Å². The van der Waals surface area contributed by atoms with Crippen molar-refractivity contribution in [2.24, 2.45) is 0 Å². The van der Waals surface area contributed by atoms with Gasteiger partial charge in [-0.05, 0) is 0 Å². The van der Waals surface area contributed by atoms with Crippen molar-refractivity contribution in [3.8, 4) is 6.01 Å². The Morgan fingerprint density at radius 1 is 1.58 bits per heavy atom. The minimum atomic E-state index is -0.113. The van der Waals surface area contributed by atoms with Gasteiger partial charge in [0.15, 0.2) is 0 Å². The predicted octanol–water partition coefficient (Wildman–Crippen LogP) is 0.353. The van der Waals surface area contributed by atoms with Gasteiger partial charge in [0.1, 0.15) is 18.3 Å². The van der Waals surface area contributed by atoms with Crippen LogP contribution in [0.3, 0.4) is 0 Å². The molecule has 12 heavy (non-hydrogen) atoms. The van der Waals surface area contributed by atoms with Crippen molar-refractivity contribution in [3.05, 3.63) is 30.7 Å². The van der Waals surface area contributed by atoms with E-state index < -0.39 is 0 Å². The monoisotopic (exact) mass is 165 g/mol. The van der Waals surface area contributed by atoms with Crippen molar-refractivity contribution < 1.29 is 9.52 Å². The topological polar surface area (TPSA) is 64.1 Å². The molecule has 0 unspecified atom stereocenters. The highest BCUT2D eigenvalue weighted by Gasteiger charge is 2.03. The number of oxazole rings is 1. The third kappa shape index (κ3) is 1.10. The molecule has 0 saturated heterocycles. The molecule has 0 aromatic carbocycles. The van der Waals surface area contributed by atoms with Crippen LogP contribution in [0.1, 0.15) is 5.69 Å². The molecule has 0 bridgehead atoms. The van der Waals surface area contributed by atoms with Gasteiger partial charge in [0, 0.05) is 12.4 Å². The second kappa shape index (κ2) is 2.78. The third-order valence-corrected chi connectivity index (χ3v) is 1.43. The summed E-state index contributed by atoms with van der Waals surface area (Å²) in [5.41, 5.74) is 0.513. The van der Waals surface area contributed by atoms with Gasteiger partial charge in [-0.3, -0.25) is 4.57 Å². The number of aromatic nitrogens is 3. The predicted molar refractivity (Wildman–Crippen MR) is 39.5 cm³/mol. The van der Waals surface area contributed by atoms with Gasteiger partial charge in [0.25, 0.3) is 0 Å². The lowest BCUT2D eigenvalue weighted by Gasteiger charge is -1.90. The van der Waals surface area contributed by atoms with Crippen molar-refractivity contribution in [3.63, 3.8) is 0 Å². The fourth-order valence-electron chi connectivity index (χ4n) is 0.860. The highest BCUT2D eigenvalue weighted by molar-refractivity contribution is 5.09. The first-order valence-electron chi connectivity index (χ1n) is 3.44. The first kappa shape index (κ1) is 7.05. The zero-order valence-corrected chi connectivity index (χ0v) is 6.21. The maximum Gasteiger partial charge on any atom is 0.307 e. The molecule has 0 fully saturated rings. The Labute approximate surface area is 68.3 Å². The van der Waals surface area contributed by atoms with Gasteiger partial charge < -0.3 is 9.52 Å². The van der Waals surface area contributed by atoms with E-state index in [1.807, 2.05) is 0 Å². The maximum atomic E-state index is 8.70. The Bertz CT molecular complexity index is 352. The molecule has 0 atom stereocenters. The van der Waals surface area contributed by atoms with Crippen LogP contribution in [0.25, 0.3) is 6.01 Å². The van der Waals surface area contributed by atoms with Crippen LogP contribution in [0.5, 0.6) is 0 Å². The van der Waals surface area contributed by atoms with Crippen molar-refractivity contribution in [1.82, 2.24) is 14.5 Å². The van der Waals surface area contributed by atoms with Gasteiger partial charge in [-0.25, -0.2) is 4.98 Å². The van der Waals surface area contributed by atoms with Crippen molar-refractivity contribution in [1.29, 1.82) is 0 Å². The molecule has 0 amide bonds. The Hall–Kier alpha value is -1.62. The summed E-state index contributed by atoms with van der Waals surface area (Å²) in [6, 6.07) is 0.413. The second-order valence-corrected chi connectivity index (χ2v) is 2.25. The van der Waals surface area contributed by atoms with E-state index in [4.69, 9.17) is 9.52 Å². The summed E-state index contributed by atoms with van der Waals surface area (Å²) in [5.74, 6) is 0. The smallest absolute Gasteiger partial charge is 0.307 e. The lowest BCUT2D eigenvalue weighted by atomic mass is 10.5. The average molecular weight is 165 g/mol. The van der Waals surface area contributed by atoms with Crippen LogP contribution in [-0.2, 0) is 6.61 Å². The van der Waals surface area contributed by atoms with E-state index >= 15 is 0 Å². The molecule has 0 radical (unpaired) electrons. The normalized spacial score (nSPS) is 10.4. The second-order valence-electron chi connectivity index (χ2n) is 2.25. The molecule has 0 aliphatic rings. The van der Waals surface area contributed by atoms with Gasteiger partial charge in [-0.15, -0.1) is 0 Å². The van der Waals surface area contributed by atoms with E-state index in [9.17, 15) is 0 Å². The minimum Gasteiger partial charge on any atom is -0.431 e. The summed E-state index contributed by atoms with van der Waals surface area (Å²) in [4.78, 5) is 7.81. The van der Waals surface area contributed by atoms with E-state index in [2.05, 4.69) is 9.97 Å². The van der Waals surface area contributed by atoms with E-state index in [-0.39, 0.29) is 6.61 Å². The largest absolute Gasteiger partial charge is 0.431 e. The fourth-order valence-corrected chi connectivity index (χ4v) is 0.860. The highest BCUT2D eigenvalue weighted by Crippen LogP contribution is 2.06. The van der Waals surface area contributed by atoms with Crippen molar-refractivity contribution in [2.45, 2.75) is 6.61 Å². The quantitative estimate of drug-likeness (QED) is 0.697. The van der Waals surface area contributed by atoms with Crippen LogP contribution >= 0.6 is 0 Å². The Morgan fingerprint density at radius 2 is 2.50 bits per heavy atom. The molecular formula is C7H7N3O2. The van der Waals surface area contributed by atoms with Crippen molar-refractivity contribution >= 4 is 0 Å². The SMILES string of the molecule is OCc1coc(-n2ccnc2)n1. The molecule has 2 aromatic heterocycles. The van der Waals surface area contributed by atoms with Crippen LogP contribution in [0.2, 0.25) is 0 Å². The van der Waals surface area contributed by atoms with Crippen LogP contribution < -0.4 is 0 Å². The molecule has 1 N–H and O–H groups in total. The summed E-state index contributed by atoms with van der Waals surface area (Å²) in [7, 11) is 0. The summed E-state index contributed by atoms with van der Waals surface area (Å²) in [6.07, 6.45) is 6.33. The maximum absolute atomic E-state index is 8.70. The third-order valence-electron chi connectivity index (χ3n) is 1.43. The van der Waals surface area contributed by atoms with Crippen molar-refractivity contribution in [2.75, 3.05) is 0 Å². The zero-order chi connectivity index (χ0) is 8.39. The molecule has 62 valence electrons. The first-order valence-corrected chi connectivity index (χ1v) is 3.44. The molecule has 0 saturated carbocycles.